The number of aryl methyl sites for hydroxylation is 1. The van der Waals surface area contributed by atoms with Crippen LogP contribution in [-0.2, 0) is 0 Å². The van der Waals surface area contributed by atoms with E-state index in [4.69, 9.17) is 4.52 Å². The molecule has 0 radical (unpaired) electrons. The Balaban J connectivity index is 1.76. The molecule has 1 aliphatic heterocycles. The molecule has 0 unspecified atom stereocenters. The normalized spacial score (nSPS) is 18.4. The summed E-state index contributed by atoms with van der Waals surface area (Å²) in [6.07, 6.45) is 2.82. The van der Waals surface area contributed by atoms with Gasteiger partial charge in [0.15, 0.2) is 5.82 Å². The van der Waals surface area contributed by atoms with Gasteiger partial charge in [0.05, 0.1) is 0 Å². The van der Waals surface area contributed by atoms with Crippen LogP contribution >= 0.6 is 11.5 Å². The number of rotatable bonds is 3. The number of aromatic nitrogens is 4. The molecule has 1 N–H and O–H groups in total. The predicted octanol–water partition coefficient (Wildman–Crippen LogP) is 3.11. The summed E-state index contributed by atoms with van der Waals surface area (Å²) in [5.74, 6) is 2.03. The molecule has 9 heteroatoms. The molecule has 2 aromatic heterocycles. The number of hydrogen-bond acceptors (Lipinski definition) is 7. The molecule has 2 aromatic rings. The van der Waals surface area contributed by atoms with E-state index in [1.54, 1.807) is 11.8 Å². The van der Waals surface area contributed by atoms with Crippen LogP contribution < -0.4 is 5.32 Å². The summed E-state index contributed by atoms with van der Waals surface area (Å²) in [6, 6.07) is -0.382. The topological polar surface area (TPSA) is 97.0 Å². The second-order valence-electron chi connectivity index (χ2n) is 5.93. The van der Waals surface area contributed by atoms with Gasteiger partial charge in [-0.25, -0.2) is 9.78 Å². The van der Waals surface area contributed by atoms with E-state index < -0.39 is 0 Å². The molecular weight excluding hydrogens is 316 g/mol. The van der Waals surface area contributed by atoms with Crippen molar-refractivity contribution in [2.75, 3.05) is 11.9 Å². The number of carbonyl (C=O) groups excluding carboxylic acids is 1. The molecule has 23 heavy (non-hydrogen) atoms. The van der Waals surface area contributed by atoms with Crippen molar-refractivity contribution < 1.29 is 9.32 Å². The van der Waals surface area contributed by atoms with Gasteiger partial charge in [-0.1, -0.05) is 19.0 Å². The van der Waals surface area contributed by atoms with Crippen LogP contribution in [0.1, 0.15) is 62.6 Å². The van der Waals surface area contributed by atoms with Crippen LogP contribution in [0.15, 0.2) is 4.52 Å². The van der Waals surface area contributed by atoms with Crippen LogP contribution in [0, 0.1) is 6.92 Å². The highest BCUT2D eigenvalue weighted by Crippen LogP contribution is 2.31. The van der Waals surface area contributed by atoms with Crippen molar-refractivity contribution in [1.29, 1.82) is 0 Å². The third-order valence-corrected chi connectivity index (χ3v) is 4.49. The lowest BCUT2D eigenvalue weighted by Crippen LogP contribution is -2.41. The second-order valence-corrected chi connectivity index (χ2v) is 6.68. The van der Waals surface area contributed by atoms with Crippen LogP contribution in [-0.4, -0.2) is 37.0 Å². The number of amides is 2. The maximum atomic E-state index is 12.6. The first-order valence-corrected chi connectivity index (χ1v) is 8.53. The van der Waals surface area contributed by atoms with Crippen molar-refractivity contribution in [3.8, 4) is 0 Å². The largest absolute Gasteiger partial charge is 0.337 e. The molecule has 3 heterocycles. The summed E-state index contributed by atoms with van der Waals surface area (Å²) in [6.45, 7) is 6.48. The zero-order valence-electron chi connectivity index (χ0n) is 13.4. The molecule has 0 aliphatic carbocycles. The average molecular weight is 336 g/mol. The van der Waals surface area contributed by atoms with Crippen molar-refractivity contribution in [3.05, 3.63) is 17.5 Å². The molecule has 1 fully saturated rings. The van der Waals surface area contributed by atoms with Gasteiger partial charge in [-0.2, -0.15) is 9.36 Å². The smallest absolute Gasteiger partial charge is 0.324 e. The number of nitrogens with zero attached hydrogens (tertiary/aromatic N) is 5. The van der Waals surface area contributed by atoms with E-state index in [0.29, 0.717) is 29.2 Å². The Kier molecular flexibility index (Phi) is 4.56. The fourth-order valence-electron chi connectivity index (χ4n) is 2.56. The summed E-state index contributed by atoms with van der Waals surface area (Å²) in [4.78, 5) is 22.9. The fourth-order valence-corrected chi connectivity index (χ4v) is 3.12. The van der Waals surface area contributed by atoms with Gasteiger partial charge in [0, 0.05) is 24.0 Å². The molecule has 2 amide bonds. The van der Waals surface area contributed by atoms with E-state index in [-0.39, 0.29) is 18.0 Å². The number of anilines is 1. The number of nitrogens with one attached hydrogen (secondary N) is 1. The van der Waals surface area contributed by atoms with Crippen molar-refractivity contribution in [2.24, 2.45) is 0 Å². The third kappa shape index (κ3) is 3.49. The number of urea groups is 1. The fraction of sp³-hybridized carbons (Fsp3) is 0.643. The molecule has 1 atom stereocenters. The highest BCUT2D eigenvalue weighted by molar-refractivity contribution is 7.09. The zero-order chi connectivity index (χ0) is 16.4. The first-order valence-electron chi connectivity index (χ1n) is 7.76. The van der Waals surface area contributed by atoms with Gasteiger partial charge in [0.2, 0.25) is 11.0 Å². The third-order valence-electron chi connectivity index (χ3n) is 3.76. The molecule has 0 bridgehead atoms. The molecular formula is C14H20N6O2S. The Morgan fingerprint density at radius 3 is 2.87 bits per heavy atom. The SMILES string of the molecule is Cc1nsc(NC(=O)N2CCCC[C@@H]2c2nc(C(C)C)no2)n1. The number of piperidine rings is 1. The minimum atomic E-state index is -0.199. The minimum Gasteiger partial charge on any atom is -0.337 e. The van der Waals surface area contributed by atoms with Crippen molar-refractivity contribution in [3.63, 3.8) is 0 Å². The van der Waals surface area contributed by atoms with Crippen LogP contribution in [0.4, 0.5) is 9.93 Å². The van der Waals surface area contributed by atoms with E-state index in [0.717, 1.165) is 19.3 Å². The molecule has 3 rings (SSSR count). The number of hydrogen-bond donors (Lipinski definition) is 1. The molecule has 8 nitrogen and oxygen atoms in total. The highest BCUT2D eigenvalue weighted by atomic mass is 32.1. The Morgan fingerprint density at radius 2 is 2.22 bits per heavy atom. The van der Waals surface area contributed by atoms with Crippen LogP contribution in [0.3, 0.4) is 0 Å². The second kappa shape index (κ2) is 6.61. The summed E-state index contributed by atoms with van der Waals surface area (Å²) >= 11 is 1.18. The van der Waals surface area contributed by atoms with Crippen LogP contribution in [0.5, 0.6) is 0 Å². The lowest BCUT2D eigenvalue weighted by molar-refractivity contribution is 0.142. The standard InChI is InChI=1S/C14H20N6O2S/c1-8(2)11-16-12(22-18-11)10-6-4-5-7-20(10)14(21)17-13-15-9(3)19-23-13/h8,10H,4-7H2,1-3H3,(H,15,17,19,21)/t10-/m1/s1. The maximum absolute atomic E-state index is 12.6. The van der Waals surface area contributed by atoms with Gasteiger partial charge in [-0.15, -0.1) is 0 Å². The van der Waals surface area contributed by atoms with Gasteiger partial charge in [0.1, 0.15) is 11.9 Å². The van der Waals surface area contributed by atoms with Crippen LogP contribution in [0.25, 0.3) is 0 Å². The van der Waals surface area contributed by atoms with Crippen molar-refractivity contribution in [2.45, 2.75) is 52.0 Å². The Bertz CT molecular complexity index is 682. The highest BCUT2D eigenvalue weighted by Gasteiger charge is 2.32. The average Bonchev–Trinajstić information content (AvgIpc) is 3.16. The first-order chi connectivity index (χ1) is 11.0. The van der Waals surface area contributed by atoms with E-state index in [9.17, 15) is 4.79 Å². The molecule has 1 aliphatic rings. The first kappa shape index (κ1) is 15.9. The van der Waals surface area contributed by atoms with E-state index in [1.807, 2.05) is 13.8 Å². The Morgan fingerprint density at radius 1 is 1.39 bits per heavy atom. The molecule has 0 aromatic carbocycles. The van der Waals surface area contributed by atoms with E-state index in [2.05, 4.69) is 24.8 Å². The molecule has 1 saturated heterocycles. The maximum Gasteiger partial charge on any atom is 0.324 e. The minimum absolute atomic E-state index is 0.183. The lowest BCUT2D eigenvalue weighted by Gasteiger charge is -2.32. The molecule has 124 valence electrons. The quantitative estimate of drug-likeness (QED) is 0.925. The van der Waals surface area contributed by atoms with Gasteiger partial charge < -0.3 is 9.42 Å². The van der Waals surface area contributed by atoms with Gasteiger partial charge in [-0.05, 0) is 26.2 Å². The number of likely N-dealkylation sites (tertiary alicyclic amines) is 1. The zero-order valence-corrected chi connectivity index (χ0v) is 14.3. The van der Waals surface area contributed by atoms with Crippen LogP contribution in [0.2, 0.25) is 0 Å². The van der Waals surface area contributed by atoms with Crippen molar-refractivity contribution in [1.82, 2.24) is 24.4 Å². The Labute approximate surface area is 138 Å². The molecule has 0 spiro atoms. The van der Waals surface area contributed by atoms with Gasteiger partial charge >= 0.3 is 6.03 Å². The summed E-state index contributed by atoms with van der Waals surface area (Å²) in [5, 5.41) is 7.32. The summed E-state index contributed by atoms with van der Waals surface area (Å²) in [7, 11) is 0. The summed E-state index contributed by atoms with van der Waals surface area (Å²) in [5.41, 5.74) is 0. The monoisotopic (exact) mass is 336 g/mol. The number of carbonyl (C=O) groups is 1. The summed E-state index contributed by atoms with van der Waals surface area (Å²) < 4.78 is 9.46. The van der Waals surface area contributed by atoms with E-state index in [1.165, 1.54) is 11.5 Å². The lowest BCUT2D eigenvalue weighted by atomic mass is 10.0. The van der Waals surface area contributed by atoms with E-state index >= 15 is 0 Å². The Hall–Kier alpha value is -2.03. The predicted molar refractivity (Wildman–Crippen MR) is 85.3 cm³/mol. The van der Waals surface area contributed by atoms with Gasteiger partial charge in [-0.3, -0.25) is 5.32 Å². The molecule has 0 saturated carbocycles. The van der Waals surface area contributed by atoms with Gasteiger partial charge in [0.25, 0.3) is 0 Å². The van der Waals surface area contributed by atoms with Crippen molar-refractivity contribution >= 4 is 22.7 Å².